The number of allylic oxidation sites excluding steroid dienone is 4. The van der Waals surface area contributed by atoms with Gasteiger partial charge in [-0.3, -0.25) is 0 Å². The molecule has 158 valence electrons. The van der Waals surface area contributed by atoms with Crippen LogP contribution in [0.15, 0.2) is 70.0 Å². The van der Waals surface area contributed by atoms with Crippen LogP contribution in [0.5, 0.6) is 0 Å². The molecule has 0 unspecified atom stereocenters. The molecule has 30 heavy (non-hydrogen) atoms. The van der Waals surface area contributed by atoms with Gasteiger partial charge in [0, 0.05) is 0 Å². The van der Waals surface area contributed by atoms with Gasteiger partial charge in [-0.15, -0.1) is 0 Å². The Morgan fingerprint density at radius 2 is 1.23 bits per heavy atom. The van der Waals surface area contributed by atoms with E-state index in [4.69, 9.17) is 0 Å². The second kappa shape index (κ2) is 9.40. The minimum Gasteiger partial charge on any atom is -1.00 e. The normalized spacial score (nSPS) is 14.6. The van der Waals surface area contributed by atoms with Crippen LogP contribution in [0.2, 0.25) is 0 Å². The van der Waals surface area contributed by atoms with Crippen LogP contribution >= 0.6 is 0 Å². The van der Waals surface area contributed by atoms with Crippen LogP contribution in [0.1, 0.15) is 62.7 Å². The zero-order valence-electron chi connectivity index (χ0n) is 18.9. The molecular weight excluding hydrogens is 486 g/mol. The molecule has 0 saturated carbocycles. The monoisotopic (exact) mass is 516 g/mol. The van der Waals surface area contributed by atoms with Gasteiger partial charge in [0.25, 0.3) is 0 Å². The van der Waals surface area contributed by atoms with Crippen molar-refractivity contribution in [1.82, 2.24) is 0 Å². The van der Waals surface area contributed by atoms with E-state index in [1.807, 2.05) is 3.21 Å². The molecule has 0 bridgehead atoms. The molecule has 0 atom stereocenters. The third kappa shape index (κ3) is 4.55. The largest absolute Gasteiger partial charge is 1.00 e. The topological polar surface area (TPSA) is 0 Å². The van der Waals surface area contributed by atoms with Gasteiger partial charge in [-0.05, 0) is 0 Å². The Kier molecular flexibility index (Phi) is 7.99. The van der Waals surface area contributed by atoms with Crippen molar-refractivity contribution in [3.63, 3.8) is 0 Å². The predicted molar refractivity (Wildman–Crippen MR) is 119 cm³/mol. The van der Waals surface area contributed by atoms with Crippen LogP contribution in [0, 0.1) is 10.8 Å². The van der Waals surface area contributed by atoms with E-state index < -0.39 is 21.3 Å². The Hall–Kier alpha value is -0.747. The van der Waals surface area contributed by atoms with Crippen molar-refractivity contribution in [3.05, 3.63) is 81.2 Å². The molecule has 0 aromatic heterocycles. The second-order valence-corrected chi connectivity index (χ2v) is 16.5. The molecule has 0 heterocycles. The van der Waals surface area contributed by atoms with Gasteiger partial charge in [-0.25, -0.2) is 0 Å². The molecule has 0 fully saturated rings. The van der Waals surface area contributed by atoms with Crippen molar-refractivity contribution >= 4 is 3.21 Å². The van der Waals surface area contributed by atoms with Gasteiger partial charge in [0.2, 0.25) is 0 Å². The van der Waals surface area contributed by atoms with Crippen molar-refractivity contribution in [2.45, 2.75) is 51.6 Å². The van der Waals surface area contributed by atoms with Crippen molar-refractivity contribution in [1.29, 1.82) is 0 Å². The summed E-state index contributed by atoms with van der Waals surface area (Å²) in [5, 5.41) is 0. The number of halogens is 2. The Bertz CT molecular complexity index is 952. The third-order valence-electron chi connectivity index (χ3n) is 6.01. The summed E-state index contributed by atoms with van der Waals surface area (Å²) >= 11 is -2.24. The summed E-state index contributed by atoms with van der Waals surface area (Å²) in [7, 11) is 0. The minimum absolute atomic E-state index is 0. The minimum atomic E-state index is -2.24. The van der Waals surface area contributed by atoms with Crippen LogP contribution < -0.4 is 24.8 Å². The zero-order valence-corrected chi connectivity index (χ0v) is 22.9. The Balaban J connectivity index is 0.00000160. The molecule has 3 heteroatoms. The van der Waals surface area contributed by atoms with Crippen molar-refractivity contribution in [2.24, 2.45) is 10.8 Å². The summed E-state index contributed by atoms with van der Waals surface area (Å²) < 4.78 is 4.21. The van der Waals surface area contributed by atoms with E-state index >= 15 is 0 Å². The van der Waals surface area contributed by atoms with E-state index in [9.17, 15) is 0 Å². The maximum absolute atomic E-state index is 2.47. The fourth-order valence-electron chi connectivity index (χ4n) is 5.54. The van der Waals surface area contributed by atoms with E-state index in [-0.39, 0.29) is 35.6 Å². The zero-order chi connectivity index (χ0) is 20.1. The molecule has 0 amide bonds. The average molecular weight is 519 g/mol. The van der Waals surface area contributed by atoms with Crippen LogP contribution in [0.4, 0.5) is 0 Å². The van der Waals surface area contributed by atoms with Gasteiger partial charge in [-0.1, -0.05) is 0 Å². The molecule has 4 rings (SSSR count). The number of hydrogen-bond donors (Lipinski definition) is 0. The Morgan fingerprint density at radius 3 is 1.63 bits per heavy atom. The van der Waals surface area contributed by atoms with Crippen LogP contribution in [0.3, 0.4) is 0 Å². The summed E-state index contributed by atoms with van der Waals surface area (Å²) in [5.41, 5.74) is 6.55. The van der Waals surface area contributed by atoms with Gasteiger partial charge >= 0.3 is 179 Å². The second-order valence-electron chi connectivity index (χ2n) is 10.2. The van der Waals surface area contributed by atoms with Gasteiger partial charge in [0.1, 0.15) is 0 Å². The summed E-state index contributed by atoms with van der Waals surface area (Å²) in [6.07, 6.45) is 8.29. The number of fused-ring (bicyclic) bond motifs is 3. The van der Waals surface area contributed by atoms with Gasteiger partial charge in [-0.2, -0.15) is 0 Å². The predicted octanol–water partition coefficient (Wildman–Crippen LogP) is 1.49. The van der Waals surface area contributed by atoms with Crippen LogP contribution in [-0.2, 0) is 21.3 Å². The summed E-state index contributed by atoms with van der Waals surface area (Å²) in [4.78, 5) is 0. The first-order valence-corrected chi connectivity index (χ1v) is 14.4. The maximum Gasteiger partial charge on any atom is -1.00 e. The molecule has 0 nitrogen and oxygen atoms in total. The van der Waals surface area contributed by atoms with Crippen LogP contribution in [0.25, 0.3) is 11.1 Å². The summed E-state index contributed by atoms with van der Waals surface area (Å²) in [6.45, 7) is 14.7. The maximum atomic E-state index is 2.47. The Labute approximate surface area is 202 Å². The smallest absolute Gasteiger partial charge is 1.00 e. The van der Waals surface area contributed by atoms with Crippen molar-refractivity contribution in [2.75, 3.05) is 0 Å². The number of rotatable bonds is 2. The molecule has 0 radical (unpaired) electrons. The average Bonchev–Trinajstić information content (AvgIpc) is 3.24. The number of hydrogen-bond acceptors (Lipinski definition) is 0. The molecule has 2 aliphatic carbocycles. The SMILES string of the molecule is CC(C)(C)[C](=[Zr+2]([C]1=CC=CC1)[CH]1c2ccccc2-c2ccccc21)C(C)(C)C.[Cl-].[Cl-]. The van der Waals surface area contributed by atoms with Gasteiger partial charge in [0.15, 0.2) is 0 Å². The molecule has 0 spiro atoms. The van der Waals surface area contributed by atoms with E-state index in [0.29, 0.717) is 3.63 Å². The van der Waals surface area contributed by atoms with E-state index in [1.165, 1.54) is 11.1 Å². The van der Waals surface area contributed by atoms with E-state index in [1.54, 1.807) is 14.4 Å². The third-order valence-corrected chi connectivity index (χ3v) is 16.6. The van der Waals surface area contributed by atoms with Crippen LogP contribution in [-0.4, -0.2) is 3.21 Å². The van der Waals surface area contributed by atoms with Gasteiger partial charge < -0.3 is 24.8 Å². The molecule has 0 saturated heterocycles. The fourth-order valence-corrected chi connectivity index (χ4v) is 16.2. The molecule has 0 N–H and O–H groups in total. The molecular formula is C27H32Cl2Zr. The van der Waals surface area contributed by atoms with Crippen molar-refractivity contribution < 1.29 is 46.1 Å². The standard InChI is InChI=1S/C13H9.C9H18.C5H5.2ClH.Zr/c1-3-7-12-10(5-1)9-11-6-2-4-8-13(11)12;1-8(2,3)7-9(4,5)6;1-2-4-5-3-1;;;/h1-9H;1-6H3;1-3H,4H2;2*1H;/q;;;;;+2/p-2. The first kappa shape index (κ1) is 25.5. The van der Waals surface area contributed by atoms with E-state index in [2.05, 4.69) is 108 Å². The summed E-state index contributed by atoms with van der Waals surface area (Å²) in [6, 6.07) is 18.4. The van der Waals surface area contributed by atoms with E-state index in [0.717, 1.165) is 6.42 Å². The molecule has 2 aromatic rings. The number of benzene rings is 2. The molecule has 2 aromatic carbocycles. The summed E-state index contributed by atoms with van der Waals surface area (Å²) in [5.74, 6) is 0. The molecule has 2 aliphatic rings. The van der Waals surface area contributed by atoms with Gasteiger partial charge in [0.05, 0.1) is 0 Å². The Morgan fingerprint density at radius 1 is 0.767 bits per heavy atom. The molecule has 0 aliphatic heterocycles. The fraction of sp³-hybridized carbons (Fsp3) is 0.370. The first-order valence-electron chi connectivity index (χ1n) is 10.5. The first-order chi connectivity index (χ1) is 13.2. The van der Waals surface area contributed by atoms with Crippen molar-refractivity contribution in [3.8, 4) is 11.1 Å². The quantitative estimate of drug-likeness (QED) is 0.566.